The first-order valence-electron chi connectivity index (χ1n) is 10.4. The molecule has 1 fully saturated rings. The summed E-state index contributed by atoms with van der Waals surface area (Å²) in [6.45, 7) is 2.27. The highest BCUT2D eigenvalue weighted by molar-refractivity contribution is 6.33. The van der Waals surface area contributed by atoms with Crippen LogP contribution in [0.15, 0.2) is 48.5 Å². The predicted octanol–water partition coefficient (Wildman–Crippen LogP) is 3.34. The molecule has 32 heavy (non-hydrogen) atoms. The second kappa shape index (κ2) is 10.9. The van der Waals surface area contributed by atoms with Crippen molar-refractivity contribution in [3.8, 4) is 0 Å². The van der Waals surface area contributed by atoms with Gasteiger partial charge < -0.3 is 20.9 Å². The van der Waals surface area contributed by atoms with Gasteiger partial charge in [-0.05, 0) is 42.7 Å². The van der Waals surface area contributed by atoms with Crippen molar-refractivity contribution in [1.29, 1.82) is 0 Å². The zero-order chi connectivity index (χ0) is 23.1. The van der Waals surface area contributed by atoms with E-state index in [9.17, 15) is 18.8 Å². The van der Waals surface area contributed by atoms with Gasteiger partial charge in [0.1, 0.15) is 11.9 Å². The minimum absolute atomic E-state index is 0.129. The molecule has 3 rings (SSSR count). The Balaban J connectivity index is 1.53. The Kier molecular flexibility index (Phi) is 8.05. The zero-order valence-corrected chi connectivity index (χ0v) is 18.5. The van der Waals surface area contributed by atoms with Crippen LogP contribution in [-0.2, 0) is 16.0 Å². The SMILES string of the molecule is CC(=O)NC(Cc1cccc(F)c1)C(=O)NC1CCN(C(=O)Nc2ccccc2Cl)CC1. The first-order chi connectivity index (χ1) is 15.3. The molecule has 1 unspecified atom stereocenters. The van der Waals surface area contributed by atoms with E-state index in [4.69, 9.17) is 11.6 Å². The van der Waals surface area contributed by atoms with Crippen molar-refractivity contribution < 1.29 is 18.8 Å². The summed E-state index contributed by atoms with van der Waals surface area (Å²) < 4.78 is 13.5. The Morgan fingerprint density at radius 1 is 1.12 bits per heavy atom. The van der Waals surface area contributed by atoms with Gasteiger partial charge in [-0.2, -0.15) is 0 Å². The fraction of sp³-hybridized carbons (Fsp3) is 0.348. The second-order valence-corrected chi connectivity index (χ2v) is 8.17. The topological polar surface area (TPSA) is 90.5 Å². The van der Waals surface area contributed by atoms with Crippen LogP contribution in [0.2, 0.25) is 5.02 Å². The van der Waals surface area contributed by atoms with Crippen molar-refractivity contribution in [2.45, 2.75) is 38.3 Å². The van der Waals surface area contributed by atoms with Crippen LogP contribution in [0.4, 0.5) is 14.9 Å². The number of rotatable bonds is 6. The van der Waals surface area contributed by atoms with Crippen LogP contribution in [0.3, 0.4) is 0 Å². The van der Waals surface area contributed by atoms with Crippen LogP contribution >= 0.6 is 11.6 Å². The summed E-state index contributed by atoms with van der Waals surface area (Å²) in [6.07, 6.45) is 1.34. The first kappa shape index (κ1) is 23.5. The number of carbonyl (C=O) groups is 3. The fourth-order valence-corrected chi connectivity index (χ4v) is 3.82. The Morgan fingerprint density at radius 2 is 1.84 bits per heavy atom. The summed E-state index contributed by atoms with van der Waals surface area (Å²) in [5.74, 6) is -1.07. The molecule has 0 bridgehead atoms. The summed E-state index contributed by atoms with van der Waals surface area (Å²) >= 11 is 6.09. The minimum atomic E-state index is -0.809. The van der Waals surface area contributed by atoms with Gasteiger partial charge in [0.2, 0.25) is 11.8 Å². The van der Waals surface area contributed by atoms with E-state index in [1.165, 1.54) is 19.1 Å². The van der Waals surface area contributed by atoms with E-state index in [0.29, 0.717) is 42.2 Å². The van der Waals surface area contributed by atoms with Gasteiger partial charge in [-0.15, -0.1) is 0 Å². The van der Waals surface area contributed by atoms with Crippen LogP contribution in [-0.4, -0.2) is 47.9 Å². The maximum absolute atomic E-state index is 13.5. The van der Waals surface area contributed by atoms with Crippen molar-refractivity contribution in [2.75, 3.05) is 18.4 Å². The summed E-state index contributed by atoms with van der Waals surface area (Å²) in [6, 6.07) is 11.8. The lowest BCUT2D eigenvalue weighted by atomic mass is 10.0. The Morgan fingerprint density at radius 3 is 2.50 bits per heavy atom. The van der Waals surface area contributed by atoms with Gasteiger partial charge in [-0.3, -0.25) is 9.59 Å². The van der Waals surface area contributed by atoms with Gasteiger partial charge in [0, 0.05) is 32.5 Å². The molecule has 1 heterocycles. The molecule has 2 aromatic carbocycles. The quantitative estimate of drug-likeness (QED) is 0.617. The molecule has 0 saturated carbocycles. The van der Waals surface area contributed by atoms with Crippen LogP contribution in [0, 0.1) is 5.82 Å². The highest BCUT2D eigenvalue weighted by Gasteiger charge is 2.27. The molecule has 2 aromatic rings. The lowest BCUT2D eigenvalue weighted by molar-refractivity contribution is -0.128. The molecular weight excluding hydrogens is 435 g/mol. The van der Waals surface area contributed by atoms with Crippen molar-refractivity contribution in [2.24, 2.45) is 0 Å². The number of piperidine rings is 1. The monoisotopic (exact) mass is 460 g/mol. The Bertz CT molecular complexity index is 979. The number of hydrogen-bond acceptors (Lipinski definition) is 3. The molecule has 0 aromatic heterocycles. The van der Waals surface area contributed by atoms with Crippen LogP contribution in [0.25, 0.3) is 0 Å². The minimum Gasteiger partial charge on any atom is -0.351 e. The van der Waals surface area contributed by atoms with Gasteiger partial charge in [0.25, 0.3) is 0 Å². The van der Waals surface area contributed by atoms with E-state index in [1.54, 1.807) is 41.3 Å². The number of nitrogens with zero attached hydrogens (tertiary/aromatic N) is 1. The molecule has 3 N–H and O–H groups in total. The van der Waals surface area contributed by atoms with Gasteiger partial charge in [-0.1, -0.05) is 35.9 Å². The highest BCUT2D eigenvalue weighted by Crippen LogP contribution is 2.21. The Labute approximate surface area is 191 Å². The third-order valence-corrected chi connectivity index (χ3v) is 5.60. The van der Waals surface area contributed by atoms with Crippen molar-refractivity contribution in [1.82, 2.24) is 15.5 Å². The lowest BCUT2D eigenvalue weighted by Gasteiger charge is -2.33. The van der Waals surface area contributed by atoms with Crippen LogP contribution in [0.1, 0.15) is 25.3 Å². The predicted molar refractivity (Wildman–Crippen MR) is 121 cm³/mol. The molecule has 0 radical (unpaired) electrons. The summed E-state index contributed by atoms with van der Waals surface area (Å²) in [4.78, 5) is 38.5. The van der Waals surface area contributed by atoms with E-state index in [0.717, 1.165) is 0 Å². The fourth-order valence-electron chi connectivity index (χ4n) is 3.64. The maximum atomic E-state index is 13.5. The number of anilines is 1. The number of amides is 4. The van der Waals surface area contributed by atoms with E-state index in [2.05, 4.69) is 16.0 Å². The lowest BCUT2D eigenvalue weighted by Crippen LogP contribution is -2.53. The molecule has 4 amide bonds. The number of benzene rings is 2. The normalized spacial score (nSPS) is 15.0. The molecule has 0 spiro atoms. The molecule has 1 atom stereocenters. The van der Waals surface area contributed by atoms with Gasteiger partial charge in [-0.25, -0.2) is 9.18 Å². The first-order valence-corrected chi connectivity index (χ1v) is 10.8. The zero-order valence-electron chi connectivity index (χ0n) is 17.7. The number of para-hydroxylation sites is 1. The number of likely N-dealkylation sites (tertiary alicyclic amines) is 1. The van der Waals surface area contributed by atoms with E-state index in [-0.39, 0.29) is 30.3 Å². The molecule has 170 valence electrons. The Hall–Kier alpha value is -3.13. The van der Waals surface area contributed by atoms with Gasteiger partial charge >= 0.3 is 6.03 Å². The number of urea groups is 1. The van der Waals surface area contributed by atoms with Crippen molar-refractivity contribution in [3.05, 3.63) is 64.9 Å². The van der Waals surface area contributed by atoms with E-state index >= 15 is 0 Å². The average Bonchev–Trinajstić information content (AvgIpc) is 2.75. The molecule has 1 aliphatic rings. The maximum Gasteiger partial charge on any atom is 0.321 e. The molecule has 1 aliphatic heterocycles. The average molecular weight is 461 g/mol. The summed E-state index contributed by atoms with van der Waals surface area (Å²) in [5, 5.41) is 8.85. The van der Waals surface area contributed by atoms with E-state index in [1.807, 2.05) is 0 Å². The van der Waals surface area contributed by atoms with Gasteiger partial charge in [0.15, 0.2) is 0 Å². The van der Waals surface area contributed by atoms with Crippen LogP contribution < -0.4 is 16.0 Å². The summed E-state index contributed by atoms with van der Waals surface area (Å²) in [7, 11) is 0. The highest BCUT2D eigenvalue weighted by atomic mass is 35.5. The molecule has 1 saturated heterocycles. The molecule has 7 nitrogen and oxygen atoms in total. The van der Waals surface area contributed by atoms with Crippen molar-refractivity contribution in [3.63, 3.8) is 0 Å². The number of carbonyl (C=O) groups excluding carboxylic acids is 3. The number of hydrogen-bond donors (Lipinski definition) is 3. The smallest absolute Gasteiger partial charge is 0.321 e. The summed E-state index contributed by atoms with van der Waals surface area (Å²) in [5.41, 5.74) is 1.16. The molecule has 0 aliphatic carbocycles. The second-order valence-electron chi connectivity index (χ2n) is 7.77. The van der Waals surface area contributed by atoms with Crippen molar-refractivity contribution >= 4 is 35.1 Å². The molecular formula is C23H26ClFN4O3. The number of nitrogens with one attached hydrogen (secondary N) is 3. The standard InChI is InChI=1S/C23H26ClFN4O3/c1-15(30)26-21(14-16-5-4-6-17(25)13-16)22(31)27-18-9-11-29(12-10-18)23(32)28-20-8-3-2-7-19(20)24/h2-8,13,18,21H,9-12,14H2,1H3,(H,26,30)(H,27,31)(H,28,32). The van der Waals surface area contributed by atoms with E-state index < -0.39 is 11.9 Å². The van der Waals surface area contributed by atoms with Gasteiger partial charge in [0.05, 0.1) is 10.7 Å². The largest absolute Gasteiger partial charge is 0.351 e. The third-order valence-electron chi connectivity index (χ3n) is 5.27. The van der Waals surface area contributed by atoms with Crippen LogP contribution in [0.5, 0.6) is 0 Å². The molecule has 9 heteroatoms. The number of halogens is 2. The third kappa shape index (κ3) is 6.68.